The number of hydrogen-bond acceptors (Lipinski definition) is 5. The molecular formula is C26H19Cl3N2O4S. The molecule has 10 heteroatoms. The van der Waals surface area contributed by atoms with E-state index >= 15 is 0 Å². The molecule has 3 aromatic carbocycles. The van der Waals surface area contributed by atoms with E-state index in [1.807, 2.05) is 25.1 Å². The van der Waals surface area contributed by atoms with E-state index in [0.717, 1.165) is 5.56 Å². The predicted molar refractivity (Wildman–Crippen MR) is 146 cm³/mol. The van der Waals surface area contributed by atoms with E-state index in [4.69, 9.17) is 44.6 Å². The van der Waals surface area contributed by atoms with Crippen molar-refractivity contribution in [1.29, 1.82) is 0 Å². The Balaban J connectivity index is 1.55. The van der Waals surface area contributed by atoms with Gasteiger partial charge in [-0.3, -0.25) is 9.69 Å². The number of aliphatic imine (C=N–C) groups is 1. The second kappa shape index (κ2) is 11.4. The van der Waals surface area contributed by atoms with Crippen LogP contribution in [0.1, 0.15) is 28.4 Å². The van der Waals surface area contributed by atoms with Gasteiger partial charge in [-0.1, -0.05) is 53.0 Å². The summed E-state index contributed by atoms with van der Waals surface area (Å²) in [5, 5.41) is 10.7. The third-order valence-corrected chi connectivity index (χ3v) is 7.13. The zero-order chi connectivity index (χ0) is 25.8. The molecule has 0 unspecified atom stereocenters. The second-order valence-corrected chi connectivity index (χ2v) is 9.83. The van der Waals surface area contributed by atoms with Crippen molar-refractivity contribution in [3.05, 3.63) is 97.3 Å². The first-order valence-corrected chi connectivity index (χ1v) is 12.7. The number of carbonyl (C=O) groups is 2. The first kappa shape index (κ1) is 26.1. The van der Waals surface area contributed by atoms with E-state index in [0.29, 0.717) is 48.7 Å². The number of carbonyl (C=O) groups excluding carboxylic acids is 1. The molecule has 1 amide bonds. The number of likely N-dealkylation sites (N-methyl/N-ethyl adjacent to an activating group) is 1. The molecule has 1 N–H and O–H groups in total. The maximum absolute atomic E-state index is 13.0. The van der Waals surface area contributed by atoms with Crippen molar-refractivity contribution in [1.82, 2.24) is 4.90 Å². The standard InChI is InChI=1S/C26H19Cl3N2O4S/c1-2-31-24(32)22(36-26(31)30-18-9-7-16(8-10-18)25(33)34)13-15-11-20(28)23(21(29)12-15)35-14-17-5-3-4-6-19(17)27/h3-13H,2,14H2,1H3,(H,33,34). The summed E-state index contributed by atoms with van der Waals surface area (Å²) in [6, 6.07) is 16.8. The number of halogens is 3. The number of rotatable bonds is 7. The minimum Gasteiger partial charge on any atom is -0.486 e. The molecule has 184 valence electrons. The largest absolute Gasteiger partial charge is 0.486 e. The van der Waals surface area contributed by atoms with Crippen LogP contribution in [0.2, 0.25) is 15.1 Å². The van der Waals surface area contributed by atoms with Crippen LogP contribution in [0, 0.1) is 0 Å². The lowest BCUT2D eigenvalue weighted by Crippen LogP contribution is -2.28. The van der Waals surface area contributed by atoms with Gasteiger partial charge in [-0.25, -0.2) is 9.79 Å². The Morgan fingerprint density at radius 1 is 1.06 bits per heavy atom. The van der Waals surface area contributed by atoms with Gasteiger partial charge in [0.05, 0.1) is 26.2 Å². The van der Waals surface area contributed by atoms with Crippen LogP contribution in [0.3, 0.4) is 0 Å². The van der Waals surface area contributed by atoms with Crippen molar-refractivity contribution in [2.75, 3.05) is 6.54 Å². The molecule has 1 aliphatic heterocycles. The normalized spacial score (nSPS) is 15.7. The molecule has 0 aromatic heterocycles. The minimum absolute atomic E-state index is 0.162. The Morgan fingerprint density at radius 2 is 1.72 bits per heavy atom. The summed E-state index contributed by atoms with van der Waals surface area (Å²) in [5.74, 6) is -0.889. The fraction of sp³-hybridized carbons (Fsp3) is 0.115. The monoisotopic (exact) mass is 560 g/mol. The lowest BCUT2D eigenvalue weighted by Gasteiger charge is -2.12. The molecular weight excluding hydrogens is 543 g/mol. The lowest BCUT2D eigenvalue weighted by molar-refractivity contribution is -0.122. The van der Waals surface area contributed by atoms with E-state index in [9.17, 15) is 9.59 Å². The number of benzene rings is 3. The molecule has 6 nitrogen and oxygen atoms in total. The predicted octanol–water partition coefficient (Wildman–Crippen LogP) is 7.55. The van der Waals surface area contributed by atoms with Crippen molar-refractivity contribution in [3.8, 4) is 5.75 Å². The zero-order valence-electron chi connectivity index (χ0n) is 18.9. The van der Waals surface area contributed by atoms with Crippen LogP contribution >= 0.6 is 46.6 Å². The fourth-order valence-corrected chi connectivity index (χ4v) is 5.24. The average Bonchev–Trinajstić information content (AvgIpc) is 3.13. The molecule has 0 radical (unpaired) electrons. The molecule has 36 heavy (non-hydrogen) atoms. The molecule has 1 heterocycles. The number of carboxylic acids is 1. The molecule has 4 rings (SSSR count). The number of ether oxygens (including phenoxy) is 1. The number of amides is 1. The number of aromatic carboxylic acids is 1. The van der Waals surface area contributed by atoms with Gasteiger partial charge >= 0.3 is 5.97 Å². The average molecular weight is 562 g/mol. The van der Waals surface area contributed by atoms with Crippen LogP contribution in [0.4, 0.5) is 5.69 Å². The summed E-state index contributed by atoms with van der Waals surface area (Å²) < 4.78 is 5.82. The highest BCUT2D eigenvalue weighted by Crippen LogP contribution is 2.38. The van der Waals surface area contributed by atoms with Crippen LogP contribution in [-0.2, 0) is 11.4 Å². The molecule has 0 saturated carbocycles. The van der Waals surface area contributed by atoms with Gasteiger partial charge in [0.1, 0.15) is 6.61 Å². The maximum atomic E-state index is 13.0. The molecule has 0 spiro atoms. The molecule has 1 aliphatic rings. The highest BCUT2D eigenvalue weighted by molar-refractivity contribution is 8.18. The summed E-state index contributed by atoms with van der Waals surface area (Å²) in [6.45, 7) is 2.47. The number of hydrogen-bond donors (Lipinski definition) is 1. The number of thioether (sulfide) groups is 1. The number of carboxylic acid groups (broad SMARTS) is 1. The Morgan fingerprint density at radius 3 is 2.33 bits per heavy atom. The molecule has 1 fully saturated rings. The van der Waals surface area contributed by atoms with Gasteiger partial charge in [0, 0.05) is 17.1 Å². The fourth-order valence-electron chi connectivity index (χ4n) is 3.38. The highest BCUT2D eigenvalue weighted by atomic mass is 35.5. The van der Waals surface area contributed by atoms with Crippen molar-refractivity contribution in [2.45, 2.75) is 13.5 Å². The molecule has 3 aromatic rings. The third kappa shape index (κ3) is 5.87. The van der Waals surface area contributed by atoms with Crippen molar-refractivity contribution < 1.29 is 19.4 Å². The number of nitrogens with zero attached hydrogens (tertiary/aromatic N) is 2. The van der Waals surface area contributed by atoms with Crippen molar-refractivity contribution in [2.24, 2.45) is 4.99 Å². The van der Waals surface area contributed by atoms with E-state index in [1.54, 1.807) is 41.3 Å². The van der Waals surface area contributed by atoms with Crippen LogP contribution in [0.15, 0.2) is 70.6 Å². The van der Waals surface area contributed by atoms with E-state index in [2.05, 4.69) is 4.99 Å². The molecule has 1 saturated heterocycles. The minimum atomic E-state index is -1.02. The zero-order valence-corrected chi connectivity index (χ0v) is 22.0. The van der Waals surface area contributed by atoms with Crippen LogP contribution in [0.25, 0.3) is 6.08 Å². The van der Waals surface area contributed by atoms with Crippen molar-refractivity contribution in [3.63, 3.8) is 0 Å². The summed E-state index contributed by atoms with van der Waals surface area (Å²) >= 11 is 20.3. The lowest BCUT2D eigenvalue weighted by atomic mass is 10.2. The summed E-state index contributed by atoms with van der Waals surface area (Å²) in [5.41, 5.74) is 2.14. The molecule has 0 atom stereocenters. The maximum Gasteiger partial charge on any atom is 0.335 e. The van der Waals surface area contributed by atoms with E-state index in [1.165, 1.54) is 23.9 Å². The highest BCUT2D eigenvalue weighted by Gasteiger charge is 2.32. The van der Waals surface area contributed by atoms with Crippen LogP contribution in [-0.4, -0.2) is 33.6 Å². The Kier molecular flexibility index (Phi) is 8.26. The van der Waals surface area contributed by atoms with Gasteiger partial charge in [0.15, 0.2) is 10.9 Å². The smallest absolute Gasteiger partial charge is 0.335 e. The SMILES string of the molecule is CCN1C(=O)C(=Cc2cc(Cl)c(OCc3ccccc3Cl)c(Cl)c2)SC1=Nc1ccc(C(=O)O)cc1. The van der Waals surface area contributed by atoms with Gasteiger partial charge in [-0.2, -0.15) is 0 Å². The first-order valence-electron chi connectivity index (χ1n) is 10.8. The topological polar surface area (TPSA) is 79.2 Å². The second-order valence-electron chi connectivity index (χ2n) is 7.60. The van der Waals surface area contributed by atoms with Gasteiger partial charge in [0.25, 0.3) is 5.91 Å². The van der Waals surface area contributed by atoms with Crippen LogP contribution < -0.4 is 4.74 Å². The Labute approximate surface area is 227 Å². The Hall–Kier alpha value is -2.97. The summed E-state index contributed by atoms with van der Waals surface area (Å²) in [7, 11) is 0. The van der Waals surface area contributed by atoms with Crippen molar-refractivity contribution >= 4 is 75.4 Å². The molecule has 0 bridgehead atoms. The quantitative estimate of drug-likeness (QED) is 0.301. The Bertz CT molecular complexity index is 1370. The van der Waals surface area contributed by atoms with E-state index in [-0.39, 0.29) is 18.1 Å². The number of amidine groups is 1. The summed E-state index contributed by atoms with van der Waals surface area (Å²) in [4.78, 5) is 30.6. The summed E-state index contributed by atoms with van der Waals surface area (Å²) in [6.07, 6.45) is 1.70. The van der Waals surface area contributed by atoms with E-state index < -0.39 is 5.97 Å². The molecule has 0 aliphatic carbocycles. The van der Waals surface area contributed by atoms with Gasteiger partial charge < -0.3 is 9.84 Å². The third-order valence-electron chi connectivity index (χ3n) is 5.19. The van der Waals surface area contributed by atoms with Crippen LogP contribution in [0.5, 0.6) is 5.75 Å². The van der Waals surface area contributed by atoms with Gasteiger partial charge in [-0.15, -0.1) is 0 Å². The van der Waals surface area contributed by atoms with Gasteiger partial charge in [-0.05, 0) is 72.8 Å². The van der Waals surface area contributed by atoms with Gasteiger partial charge in [0.2, 0.25) is 0 Å². The first-order chi connectivity index (χ1) is 17.3.